The molecule has 5 nitrogen and oxygen atoms in total. The van der Waals surface area contributed by atoms with Gasteiger partial charge in [0.2, 0.25) is 0 Å². The highest BCUT2D eigenvalue weighted by molar-refractivity contribution is 6.99. The fraction of sp³-hybridized carbons (Fsp3) is 0.100. The van der Waals surface area contributed by atoms with Gasteiger partial charge in [-0.3, -0.25) is 0 Å². The van der Waals surface area contributed by atoms with Crippen LogP contribution in [0.3, 0.4) is 0 Å². The molecule has 0 aliphatic carbocycles. The molecule has 0 fully saturated rings. The third-order valence-corrected chi connectivity index (χ3v) is 2.56. The first kappa shape index (κ1) is 10.6. The lowest BCUT2D eigenvalue weighted by Crippen LogP contribution is -1.99. The van der Waals surface area contributed by atoms with Crippen LogP contribution in [0.5, 0.6) is 5.75 Å². The fourth-order valence-corrected chi connectivity index (χ4v) is 1.85. The second kappa shape index (κ2) is 4.28. The van der Waals surface area contributed by atoms with E-state index in [9.17, 15) is 4.79 Å². The van der Waals surface area contributed by atoms with E-state index >= 15 is 0 Å². The number of hydrogen-bond acceptors (Lipinski definition) is 5. The largest absolute Gasteiger partial charge is 0.497 e. The van der Waals surface area contributed by atoms with Crippen molar-refractivity contribution in [1.82, 2.24) is 8.75 Å². The molecule has 6 heteroatoms. The van der Waals surface area contributed by atoms with Crippen LogP contribution in [0.4, 0.5) is 0 Å². The van der Waals surface area contributed by atoms with E-state index < -0.39 is 5.97 Å². The van der Waals surface area contributed by atoms with Gasteiger partial charge in [0.05, 0.1) is 18.8 Å². The van der Waals surface area contributed by atoms with Crippen molar-refractivity contribution < 1.29 is 14.6 Å². The number of carboxylic acids is 1. The van der Waals surface area contributed by atoms with Crippen LogP contribution in [-0.2, 0) is 0 Å². The average molecular weight is 236 g/mol. The summed E-state index contributed by atoms with van der Waals surface area (Å²) in [5, 5.41) is 8.92. The molecule has 0 saturated carbocycles. The Morgan fingerprint density at radius 3 is 2.94 bits per heavy atom. The average Bonchev–Trinajstić information content (AvgIpc) is 2.78. The second-order valence-electron chi connectivity index (χ2n) is 3.00. The van der Waals surface area contributed by atoms with Crippen molar-refractivity contribution in [1.29, 1.82) is 0 Å². The number of benzene rings is 1. The smallest absolute Gasteiger partial charge is 0.357 e. The van der Waals surface area contributed by atoms with E-state index in [4.69, 9.17) is 9.84 Å². The normalized spacial score (nSPS) is 10.1. The first-order valence-corrected chi connectivity index (χ1v) is 5.15. The summed E-state index contributed by atoms with van der Waals surface area (Å²) in [5.74, 6) is -0.423. The van der Waals surface area contributed by atoms with E-state index in [2.05, 4.69) is 8.75 Å². The van der Waals surface area contributed by atoms with Crippen molar-refractivity contribution >= 4 is 17.7 Å². The van der Waals surface area contributed by atoms with E-state index in [0.29, 0.717) is 17.0 Å². The molecule has 1 N–H and O–H groups in total. The molecule has 0 atom stereocenters. The number of nitrogens with zero attached hydrogens (tertiary/aromatic N) is 2. The third-order valence-electron chi connectivity index (χ3n) is 2.03. The van der Waals surface area contributed by atoms with Crippen LogP contribution in [0, 0.1) is 0 Å². The van der Waals surface area contributed by atoms with Crippen molar-refractivity contribution in [3.8, 4) is 17.0 Å². The van der Waals surface area contributed by atoms with Crippen molar-refractivity contribution in [2.45, 2.75) is 0 Å². The predicted molar refractivity (Wildman–Crippen MR) is 58.9 cm³/mol. The van der Waals surface area contributed by atoms with Crippen molar-refractivity contribution in [2.24, 2.45) is 0 Å². The number of hydrogen-bond donors (Lipinski definition) is 1. The SMILES string of the molecule is COc1cccc(-c2nsnc2C(=O)O)c1. The van der Waals surface area contributed by atoms with Gasteiger partial charge in [0.15, 0.2) is 5.69 Å². The molecule has 2 rings (SSSR count). The minimum absolute atomic E-state index is 0.0294. The maximum absolute atomic E-state index is 10.9. The van der Waals surface area contributed by atoms with Crippen LogP contribution < -0.4 is 4.74 Å². The molecule has 0 radical (unpaired) electrons. The van der Waals surface area contributed by atoms with E-state index in [1.807, 2.05) is 0 Å². The standard InChI is InChI=1S/C10H8N2O3S/c1-15-7-4-2-3-6(5-7)8-9(10(13)14)12-16-11-8/h2-5H,1H3,(H,13,14). The molecule has 0 amide bonds. The Kier molecular flexibility index (Phi) is 2.82. The summed E-state index contributed by atoms with van der Waals surface area (Å²) in [6.07, 6.45) is 0. The zero-order valence-electron chi connectivity index (χ0n) is 8.38. The number of aromatic carboxylic acids is 1. The van der Waals surface area contributed by atoms with E-state index in [1.54, 1.807) is 31.4 Å². The predicted octanol–water partition coefficient (Wildman–Crippen LogP) is 1.91. The van der Waals surface area contributed by atoms with Crippen molar-refractivity contribution in [2.75, 3.05) is 7.11 Å². The Hall–Kier alpha value is -1.95. The Balaban J connectivity index is 2.50. The lowest BCUT2D eigenvalue weighted by Gasteiger charge is -2.01. The molecule has 0 unspecified atom stereocenters. The zero-order valence-corrected chi connectivity index (χ0v) is 9.19. The molecule has 0 bridgehead atoms. The van der Waals surface area contributed by atoms with Crippen LogP contribution in [0.25, 0.3) is 11.3 Å². The highest BCUT2D eigenvalue weighted by Crippen LogP contribution is 2.25. The molecule has 1 heterocycles. The fourth-order valence-electron chi connectivity index (χ4n) is 1.29. The molecular formula is C10H8N2O3S. The lowest BCUT2D eigenvalue weighted by atomic mass is 10.1. The number of rotatable bonds is 3. The lowest BCUT2D eigenvalue weighted by molar-refractivity contribution is 0.0692. The van der Waals surface area contributed by atoms with Gasteiger partial charge in [0.1, 0.15) is 11.4 Å². The summed E-state index contributed by atoms with van der Waals surface area (Å²) < 4.78 is 12.8. The third kappa shape index (κ3) is 1.87. The van der Waals surface area contributed by atoms with E-state index in [1.165, 1.54) is 0 Å². The Morgan fingerprint density at radius 2 is 2.25 bits per heavy atom. The van der Waals surface area contributed by atoms with Gasteiger partial charge < -0.3 is 9.84 Å². The summed E-state index contributed by atoms with van der Waals surface area (Å²) in [7, 11) is 1.55. The second-order valence-corrected chi connectivity index (χ2v) is 3.53. The van der Waals surface area contributed by atoms with Gasteiger partial charge in [-0.2, -0.15) is 8.75 Å². The van der Waals surface area contributed by atoms with E-state index in [-0.39, 0.29) is 5.69 Å². The number of aromatic nitrogens is 2. The maximum Gasteiger partial charge on any atom is 0.357 e. The monoisotopic (exact) mass is 236 g/mol. The van der Waals surface area contributed by atoms with E-state index in [0.717, 1.165) is 11.7 Å². The number of carbonyl (C=O) groups is 1. The molecular weight excluding hydrogens is 228 g/mol. The summed E-state index contributed by atoms with van der Waals surface area (Å²) in [4.78, 5) is 10.9. The Morgan fingerprint density at radius 1 is 1.44 bits per heavy atom. The molecule has 82 valence electrons. The molecule has 16 heavy (non-hydrogen) atoms. The Labute approximate surface area is 95.6 Å². The van der Waals surface area contributed by atoms with Crippen LogP contribution in [0.2, 0.25) is 0 Å². The van der Waals surface area contributed by atoms with Gasteiger partial charge in [-0.15, -0.1) is 0 Å². The Bertz CT molecular complexity index is 524. The summed E-state index contributed by atoms with van der Waals surface area (Å²) in [5.41, 5.74) is 1.03. The van der Waals surface area contributed by atoms with Gasteiger partial charge in [-0.25, -0.2) is 4.79 Å². The minimum atomic E-state index is -1.08. The molecule has 2 aromatic rings. The summed E-state index contributed by atoms with van der Waals surface area (Å²) in [6.45, 7) is 0. The molecule has 1 aromatic carbocycles. The number of methoxy groups -OCH3 is 1. The highest BCUT2D eigenvalue weighted by atomic mass is 32.1. The summed E-state index contributed by atoms with van der Waals surface area (Å²) >= 11 is 0.881. The number of carboxylic acid groups (broad SMARTS) is 1. The quantitative estimate of drug-likeness (QED) is 0.881. The highest BCUT2D eigenvalue weighted by Gasteiger charge is 2.16. The first-order valence-electron chi connectivity index (χ1n) is 4.42. The zero-order chi connectivity index (χ0) is 11.5. The number of ether oxygens (including phenoxy) is 1. The molecule has 0 spiro atoms. The van der Waals surface area contributed by atoms with Crippen molar-refractivity contribution in [3.05, 3.63) is 30.0 Å². The van der Waals surface area contributed by atoms with Crippen LogP contribution in [-0.4, -0.2) is 26.9 Å². The van der Waals surface area contributed by atoms with Gasteiger partial charge in [0, 0.05) is 5.56 Å². The summed E-state index contributed by atoms with van der Waals surface area (Å²) in [6, 6.07) is 7.05. The topological polar surface area (TPSA) is 72.3 Å². The van der Waals surface area contributed by atoms with Gasteiger partial charge in [-0.1, -0.05) is 12.1 Å². The van der Waals surface area contributed by atoms with Crippen LogP contribution in [0.15, 0.2) is 24.3 Å². The molecule has 1 aromatic heterocycles. The van der Waals surface area contributed by atoms with Gasteiger partial charge in [0.25, 0.3) is 0 Å². The molecule has 0 saturated heterocycles. The van der Waals surface area contributed by atoms with Crippen LogP contribution >= 0.6 is 11.7 Å². The van der Waals surface area contributed by atoms with Gasteiger partial charge in [-0.05, 0) is 12.1 Å². The maximum atomic E-state index is 10.9. The van der Waals surface area contributed by atoms with Crippen LogP contribution in [0.1, 0.15) is 10.5 Å². The molecule has 0 aliphatic heterocycles. The van der Waals surface area contributed by atoms with Crippen molar-refractivity contribution in [3.63, 3.8) is 0 Å². The minimum Gasteiger partial charge on any atom is -0.497 e. The van der Waals surface area contributed by atoms with Gasteiger partial charge >= 0.3 is 5.97 Å². The molecule has 0 aliphatic rings. The first-order chi connectivity index (χ1) is 7.72.